The van der Waals surface area contributed by atoms with Crippen molar-refractivity contribution in [2.24, 2.45) is 0 Å². The second-order valence-electron chi connectivity index (χ2n) is 7.40. The molecule has 166 valence electrons. The van der Waals surface area contributed by atoms with Gasteiger partial charge in [0, 0.05) is 31.0 Å². The molecule has 1 atom stereocenters. The van der Waals surface area contributed by atoms with Gasteiger partial charge >= 0.3 is 5.97 Å². The Bertz CT molecular complexity index is 1110. The molecule has 0 bridgehead atoms. The van der Waals surface area contributed by atoms with Gasteiger partial charge in [-0.05, 0) is 37.1 Å². The molecule has 3 heterocycles. The van der Waals surface area contributed by atoms with Gasteiger partial charge in [-0.3, -0.25) is 14.3 Å². The summed E-state index contributed by atoms with van der Waals surface area (Å²) in [5.41, 5.74) is 0.637. The predicted molar refractivity (Wildman–Crippen MR) is 113 cm³/mol. The van der Waals surface area contributed by atoms with Crippen LogP contribution in [0.3, 0.4) is 0 Å². The number of anilines is 1. The Balaban J connectivity index is 1.32. The van der Waals surface area contributed by atoms with Crippen molar-refractivity contribution in [3.63, 3.8) is 0 Å². The molecule has 32 heavy (non-hydrogen) atoms. The van der Waals surface area contributed by atoms with Crippen LogP contribution >= 0.6 is 0 Å². The minimum Gasteiger partial charge on any atom is -0.484 e. The number of nitrogens with zero attached hydrogens (tertiary/aromatic N) is 3. The van der Waals surface area contributed by atoms with E-state index in [0.29, 0.717) is 24.5 Å². The van der Waals surface area contributed by atoms with E-state index < -0.39 is 5.97 Å². The quantitative estimate of drug-likeness (QED) is 0.581. The van der Waals surface area contributed by atoms with Crippen molar-refractivity contribution in [2.45, 2.75) is 18.9 Å². The summed E-state index contributed by atoms with van der Waals surface area (Å²) in [7, 11) is 0. The van der Waals surface area contributed by atoms with E-state index in [1.807, 2.05) is 0 Å². The number of aromatic nitrogens is 2. The summed E-state index contributed by atoms with van der Waals surface area (Å²) in [5, 5.41) is 15.9. The van der Waals surface area contributed by atoms with Crippen LogP contribution in [0.4, 0.5) is 5.69 Å². The number of carboxylic acid groups (broad SMARTS) is 1. The van der Waals surface area contributed by atoms with Crippen LogP contribution in [0.5, 0.6) is 5.75 Å². The first kappa shape index (κ1) is 21.2. The average molecular weight is 438 g/mol. The van der Waals surface area contributed by atoms with Crippen molar-refractivity contribution < 1.29 is 28.6 Å². The molecular weight excluding hydrogens is 416 g/mol. The smallest absolute Gasteiger partial charge is 0.338 e. The van der Waals surface area contributed by atoms with Gasteiger partial charge in [-0.25, -0.2) is 4.79 Å². The number of furan rings is 1. The fourth-order valence-corrected chi connectivity index (χ4v) is 3.55. The number of carbonyl (C=O) groups is 3. The number of piperidine rings is 1. The molecule has 10 heteroatoms. The number of carbonyl (C=O) groups excluding carboxylic acids is 2. The Morgan fingerprint density at radius 1 is 1.25 bits per heavy atom. The van der Waals surface area contributed by atoms with Crippen LogP contribution in [0.15, 0.2) is 59.5 Å². The average Bonchev–Trinajstić information content (AvgIpc) is 3.50. The van der Waals surface area contributed by atoms with Crippen LogP contribution in [-0.2, 0) is 4.79 Å². The fraction of sp³-hybridized carbons (Fsp3) is 0.273. The summed E-state index contributed by atoms with van der Waals surface area (Å²) in [6, 6.07) is 9.86. The lowest BCUT2D eigenvalue weighted by atomic mass is 10.1. The van der Waals surface area contributed by atoms with Gasteiger partial charge in [0.2, 0.25) is 0 Å². The summed E-state index contributed by atoms with van der Waals surface area (Å²) in [6.45, 7) is 0.884. The maximum atomic E-state index is 12.7. The summed E-state index contributed by atoms with van der Waals surface area (Å²) < 4.78 is 12.3. The molecule has 1 aliphatic heterocycles. The minimum atomic E-state index is -1.03. The van der Waals surface area contributed by atoms with Crippen LogP contribution in [0.1, 0.15) is 39.8 Å². The molecule has 0 spiro atoms. The van der Waals surface area contributed by atoms with Gasteiger partial charge < -0.3 is 24.5 Å². The number of benzene rings is 1. The van der Waals surface area contributed by atoms with E-state index in [-0.39, 0.29) is 35.8 Å². The molecule has 1 aliphatic rings. The minimum absolute atomic E-state index is 0.0825. The molecular formula is C22H22N4O6. The lowest BCUT2D eigenvalue weighted by Crippen LogP contribution is -2.43. The third kappa shape index (κ3) is 4.97. The molecule has 1 fully saturated rings. The number of carboxylic acids is 1. The Morgan fingerprint density at radius 2 is 2.12 bits per heavy atom. The number of amides is 2. The molecule has 1 saturated heterocycles. The molecule has 2 aromatic heterocycles. The van der Waals surface area contributed by atoms with Gasteiger partial charge in [-0.2, -0.15) is 5.10 Å². The van der Waals surface area contributed by atoms with Gasteiger partial charge in [-0.1, -0.05) is 6.07 Å². The van der Waals surface area contributed by atoms with E-state index in [4.69, 9.17) is 14.3 Å². The molecule has 1 aromatic carbocycles. The first-order valence-electron chi connectivity index (χ1n) is 10.1. The summed E-state index contributed by atoms with van der Waals surface area (Å²) in [4.78, 5) is 37.5. The first-order valence-corrected chi connectivity index (χ1v) is 10.1. The summed E-state index contributed by atoms with van der Waals surface area (Å²) in [6.07, 6.45) is 5.81. The van der Waals surface area contributed by atoms with E-state index in [0.717, 1.165) is 12.8 Å². The predicted octanol–water partition coefficient (Wildman–Crippen LogP) is 2.67. The number of hydrogen-bond donors (Lipinski definition) is 2. The molecule has 2 N–H and O–H groups in total. The van der Waals surface area contributed by atoms with Crippen molar-refractivity contribution in [2.75, 3.05) is 25.0 Å². The van der Waals surface area contributed by atoms with Gasteiger partial charge in [0.25, 0.3) is 11.8 Å². The zero-order valence-electron chi connectivity index (χ0n) is 17.1. The Labute approximate surface area is 183 Å². The van der Waals surface area contributed by atoms with Gasteiger partial charge in [0.1, 0.15) is 5.75 Å². The number of nitrogens with one attached hydrogen (secondary N) is 1. The maximum Gasteiger partial charge on any atom is 0.338 e. The summed E-state index contributed by atoms with van der Waals surface area (Å²) >= 11 is 0. The van der Waals surface area contributed by atoms with E-state index >= 15 is 0 Å². The van der Waals surface area contributed by atoms with Gasteiger partial charge in [0.15, 0.2) is 12.4 Å². The summed E-state index contributed by atoms with van der Waals surface area (Å²) in [5.74, 6) is -0.949. The Morgan fingerprint density at radius 3 is 2.88 bits per heavy atom. The standard InChI is InChI=1S/C22H22N4O6/c27-20(25-8-2-5-17(13-25)26-12-15(11-23-26)22(29)30)14-32-18-6-1-4-16(10-18)24-21(28)19-7-3-9-31-19/h1,3-4,6-7,9-12,17H,2,5,8,13-14H2,(H,24,28)(H,29,30)/t17-/m0/s1. The Kier molecular flexibility index (Phi) is 6.20. The van der Waals surface area contributed by atoms with Crippen molar-refractivity contribution in [1.82, 2.24) is 14.7 Å². The molecule has 0 unspecified atom stereocenters. The van der Waals surface area contributed by atoms with Gasteiger partial charge in [0.05, 0.1) is 24.1 Å². The van der Waals surface area contributed by atoms with Crippen LogP contribution in [0.2, 0.25) is 0 Å². The highest BCUT2D eigenvalue weighted by Crippen LogP contribution is 2.22. The van der Waals surface area contributed by atoms with Gasteiger partial charge in [-0.15, -0.1) is 0 Å². The van der Waals surface area contributed by atoms with Crippen LogP contribution in [-0.4, -0.2) is 57.3 Å². The van der Waals surface area contributed by atoms with Crippen LogP contribution in [0, 0.1) is 0 Å². The molecule has 3 aromatic rings. The monoisotopic (exact) mass is 438 g/mol. The van der Waals surface area contributed by atoms with Crippen molar-refractivity contribution in [1.29, 1.82) is 0 Å². The zero-order valence-corrected chi connectivity index (χ0v) is 17.1. The van der Waals surface area contributed by atoms with Crippen molar-refractivity contribution >= 4 is 23.5 Å². The Hall–Kier alpha value is -4.08. The van der Waals surface area contributed by atoms with Crippen LogP contribution < -0.4 is 10.1 Å². The highest BCUT2D eigenvalue weighted by atomic mass is 16.5. The third-order valence-corrected chi connectivity index (χ3v) is 5.17. The molecule has 10 nitrogen and oxygen atoms in total. The number of ether oxygens (including phenoxy) is 1. The molecule has 2 amide bonds. The maximum absolute atomic E-state index is 12.7. The highest BCUT2D eigenvalue weighted by molar-refractivity contribution is 6.02. The SMILES string of the molecule is O=C(O)c1cnn([C@H]2CCCN(C(=O)COc3cccc(NC(=O)c4ccco4)c3)C2)c1. The third-order valence-electron chi connectivity index (χ3n) is 5.17. The lowest BCUT2D eigenvalue weighted by Gasteiger charge is -2.32. The van der Waals surface area contributed by atoms with E-state index in [1.54, 1.807) is 46.0 Å². The topological polar surface area (TPSA) is 127 Å². The number of likely N-dealkylation sites (tertiary alicyclic amines) is 1. The highest BCUT2D eigenvalue weighted by Gasteiger charge is 2.26. The fourth-order valence-electron chi connectivity index (χ4n) is 3.55. The second kappa shape index (κ2) is 9.38. The van der Waals surface area contributed by atoms with Crippen molar-refractivity contribution in [3.05, 3.63) is 66.4 Å². The largest absolute Gasteiger partial charge is 0.484 e. The van der Waals surface area contributed by atoms with E-state index in [9.17, 15) is 14.4 Å². The number of rotatable bonds is 7. The van der Waals surface area contributed by atoms with E-state index in [1.165, 1.54) is 18.7 Å². The normalized spacial score (nSPS) is 15.9. The second-order valence-corrected chi connectivity index (χ2v) is 7.40. The molecule has 0 saturated carbocycles. The zero-order chi connectivity index (χ0) is 22.5. The number of aromatic carboxylic acids is 1. The first-order chi connectivity index (χ1) is 15.5. The molecule has 0 radical (unpaired) electrons. The van der Waals surface area contributed by atoms with Crippen LogP contribution in [0.25, 0.3) is 0 Å². The molecule has 0 aliphatic carbocycles. The lowest BCUT2D eigenvalue weighted by molar-refractivity contribution is -0.135. The van der Waals surface area contributed by atoms with E-state index in [2.05, 4.69) is 10.4 Å². The van der Waals surface area contributed by atoms with Crippen molar-refractivity contribution in [3.8, 4) is 5.75 Å². The molecule has 4 rings (SSSR count). The number of hydrogen-bond acceptors (Lipinski definition) is 6.